The van der Waals surface area contributed by atoms with Crippen molar-refractivity contribution in [2.45, 2.75) is 19.6 Å². The van der Waals surface area contributed by atoms with Crippen molar-refractivity contribution < 1.29 is 9.13 Å². The van der Waals surface area contributed by atoms with E-state index in [1.807, 2.05) is 0 Å². The molecule has 1 aromatic heterocycles. The minimum absolute atomic E-state index is 0. The molecule has 80 valence electrons. The Hall–Kier alpha value is -0.870. The van der Waals surface area contributed by atoms with Crippen LogP contribution in [0.1, 0.15) is 12.5 Å². The number of pyridine rings is 1. The van der Waals surface area contributed by atoms with Crippen LogP contribution in [0.25, 0.3) is 0 Å². The molecule has 0 saturated carbocycles. The summed E-state index contributed by atoms with van der Waals surface area (Å²) in [5.41, 5.74) is 6.34. The predicted octanol–water partition coefficient (Wildman–Crippen LogP) is 1.70. The van der Waals surface area contributed by atoms with Crippen LogP contribution in [0.5, 0.6) is 5.88 Å². The van der Waals surface area contributed by atoms with Crippen LogP contribution in [0.2, 0.25) is 0 Å². The van der Waals surface area contributed by atoms with E-state index >= 15 is 0 Å². The summed E-state index contributed by atoms with van der Waals surface area (Å²) in [4.78, 5) is 3.91. The summed E-state index contributed by atoms with van der Waals surface area (Å²) in [7, 11) is 0. The first-order valence-corrected chi connectivity index (χ1v) is 4.14. The molecular weight excluding hydrogens is 207 g/mol. The molecule has 0 spiro atoms. The van der Waals surface area contributed by atoms with Gasteiger partial charge in [0.25, 0.3) is 0 Å². The topological polar surface area (TPSA) is 48.1 Å². The average Bonchev–Trinajstić information content (AvgIpc) is 2.15. The third kappa shape index (κ3) is 4.39. The Morgan fingerprint density at radius 3 is 2.93 bits per heavy atom. The number of nitrogens with zero attached hydrogens (tertiary/aromatic N) is 1. The Morgan fingerprint density at radius 2 is 2.36 bits per heavy atom. The molecule has 1 rings (SSSR count). The van der Waals surface area contributed by atoms with E-state index < -0.39 is 6.17 Å². The van der Waals surface area contributed by atoms with Crippen LogP contribution in [0.4, 0.5) is 4.39 Å². The Morgan fingerprint density at radius 1 is 1.64 bits per heavy atom. The molecule has 1 aromatic rings. The van der Waals surface area contributed by atoms with E-state index in [2.05, 4.69) is 4.98 Å². The fourth-order valence-electron chi connectivity index (χ4n) is 0.857. The highest BCUT2D eigenvalue weighted by molar-refractivity contribution is 5.85. The smallest absolute Gasteiger partial charge is 0.213 e. The van der Waals surface area contributed by atoms with Gasteiger partial charge in [0.1, 0.15) is 12.8 Å². The predicted molar refractivity (Wildman–Crippen MR) is 55.4 cm³/mol. The fourth-order valence-corrected chi connectivity index (χ4v) is 0.857. The number of rotatable bonds is 4. The minimum Gasteiger partial charge on any atom is -0.475 e. The van der Waals surface area contributed by atoms with Crippen LogP contribution in [0.3, 0.4) is 0 Å². The molecule has 1 atom stereocenters. The first kappa shape index (κ1) is 13.1. The number of halogens is 2. The van der Waals surface area contributed by atoms with Crippen LogP contribution in [0.15, 0.2) is 18.3 Å². The third-order valence-corrected chi connectivity index (χ3v) is 1.50. The van der Waals surface area contributed by atoms with Gasteiger partial charge in [0.15, 0.2) is 0 Å². The molecule has 0 radical (unpaired) electrons. The molecule has 0 aliphatic rings. The van der Waals surface area contributed by atoms with Crippen LogP contribution >= 0.6 is 12.4 Å². The van der Waals surface area contributed by atoms with Crippen LogP contribution < -0.4 is 10.5 Å². The van der Waals surface area contributed by atoms with Crippen molar-refractivity contribution in [3.8, 4) is 5.88 Å². The number of hydrogen-bond acceptors (Lipinski definition) is 3. The summed E-state index contributed by atoms with van der Waals surface area (Å²) in [6.07, 6.45) is 0.615. The maximum atomic E-state index is 12.4. The first-order valence-electron chi connectivity index (χ1n) is 4.14. The number of alkyl halides is 1. The highest BCUT2D eigenvalue weighted by atomic mass is 35.5. The quantitative estimate of drug-likeness (QED) is 0.840. The van der Waals surface area contributed by atoms with Crippen molar-refractivity contribution >= 4 is 12.4 Å². The van der Waals surface area contributed by atoms with E-state index in [1.54, 1.807) is 18.3 Å². The van der Waals surface area contributed by atoms with Crippen molar-refractivity contribution in [2.24, 2.45) is 5.73 Å². The van der Waals surface area contributed by atoms with E-state index in [4.69, 9.17) is 10.5 Å². The molecule has 0 aliphatic carbocycles. The maximum absolute atomic E-state index is 12.4. The zero-order valence-electron chi connectivity index (χ0n) is 7.94. The lowest BCUT2D eigenvalue weighted by molar-refractivity contribution is 0.204. The second-order valence-corrected chi connectivity index (χ2v) is 2.80. The van der Waals surface area contributed by atoms with E-state index in [9.17, 15) is 4.39 Å². The molecule has 0 saturated heterocycles. The number of ether oxygens (including phenoxy) is 1. The van der Waals surface area contributed by atoms with Gasteiger partial charge in [0.05, 0.1) is 0 Å². The Balaban J connectivity index is 0.00000169. The molecule has 0 fully saturated rings. The number of hydrogen-bond donors (Lipinski definition) is 1. The SMILES string of the molecule is C[C@@H](F)COc1cc(CN)ccn1.Cl. The van der Waals surface area contributed by atoms with Gasteiger partial charge in [-0.1, -0.05) is 0 Å². The fraction of sp³-hybridized carbons (Fsp3) is 0.444. The van der Waals surface area contributed by atoms with Crippen LogP contribution in [-0.4, -0.2) is 17.8 Å². The highest BCUT2D eigenvalue weighted by Gasteiger charge is 2.01. The summed E-state index contributed by atoms with van der Waals surface area (Å²) in [6, 6.07) is 3.51. The van der Waals surface area contributed by atoms with Gasteiger partial charge in [0.2, 0.25) is 5.88 Å². The number of nitrogens with two attached hydrogens (primary N) is 1. The largest absolute Gasteiger partial charge is 0.475 e. The van der Waals surface area contributed by atoms with Gasteiger partial charge in [-0.2, -0.15) is 0 Å². The van der Waals surface area contributed by atoms with Gasteiger partial charge in [0, 0.05) is 18.8 Å². The zero-order valence-corrected chi connectivity index (χ0v) is 8.76. The second-order valence-electron chi connectivity index (χ2n) is 2.80. The lowest BCUT2D eigenvalue weighted by Crippen LogP contribution is -2.09. The molecule has 0 bridgehead atoms. The monoisotopic (exact) mass is 220 g/mol. The molecule has 14 heavy (non-hydrogen) atoms. The zero-order chi connectivity index (χ0) is 9.68. The van der Waals surface area contributed by atoms with Crippen LogP contribution in [0, 0.1) is 0 Å². The summed E-state index contributed by atoms with van der Waals surface area (Å²) in [6.45, 7) is 1.90. The molecule has 5 heteroatoms. The molecule has 0 amide bonds. The van der Waals surface area contributed by atoms with Crippen LogP contribution in [-0.2, 0) is 6.54 Å². The highest BCUT2D eigenvalue weighted by Crippen LogP contribution is 2.09. The van der Waals surface area contributed by atoms with Gasteiger partial charge in [-0.3, -0.25) is 0 Å². The second kappa shape index (κ2) is 6.56. The summed E-state index contributed by atoms with van der Waals surface area (Å²) >= 11 is 0. The Labute approximate surface area is 88.9 Å². The third-order valence-electron chi connectivity index (χ3n) is 1.50. The van der Waals surface area contributed by atoms with Gasteiger partial charge in [-0.25, -0.2) is 9.37 Å². The average molecular weight is 221 g/mol. The normalized spacial score (nSPS) is 11.6. The van der Waals surface area contributed by atoms with Crippen molar-refractivity contribution in [1.29, 1.82) is 0 Å². The summed E-state index contributed by atoms with van der Waals surface area (Å²) in [5, 5.41) is 0. The van der Waals surface area contributed by atoms with Crippen molar-refractivity contribution in [1.82, 2.24) is 4.98 Å². The van der Waals surface area contributed by atoms with Crippen molar-refractivity contribution in [2.75, 3.05) is 6.61 Å². The molecule has 2 N–H and O–H groups in total. The molecule has 0 unspecified atom stereocenters. The van der Waals surface area contributed by atoms with Gasteiger partial charge < -0.3 is 10.5 Å². The minimum atomic E-state index is -0.983. The molecule has 0 aliphatic heterocycles. The standard InChI is InChI=1S/C9H13FN2O.ClH/c1-7(10)6-13-9-4-8(5-11)2-3-12-9;/h2-4,7H,5-6,11H2,1H3;1H/t7-;/m1./s1. The summed E-state index contributed by atoms with van der Waals surface area (Å²) < 4.78 is 17.5. The van der Waals surface area contributed by atoms with Crippen molar-refractivity contribution in [3.05, 3.63) is 23.9 Å². The van der Waals surface area contributed by atoms with E-state index in [-0.39, 0.29) is 19.0 Å². The maximum Gasteiger partial charge on any atom is 0.213 e. The number of aromatic nitrogens is 1. The van der Waals surface area contributed by atoms with E-state index in [0.717, 1.165) is 5.56 Å². The molecule has 1 heterocycles. The molecule has 0 aromatic carbocycles. The van der Waals surface area contributed by atoms with Crippen molar-refractivity contribution in [3.63, 3.8) is 0 Å². The molecule has 3 nitrogen and oxygen atoms in total. The molecular formula is C9H14ClFN2O. The first-order chi connectivity index (χ1) is 6.22. The summed E-state index contributed by atoms with van der Waals surface area (Å²) in [5.74, 6) is 0.424. The van der Waals surface area contributed by atoms with Gasteiger partial charge >= 0.3 is 0 Å². The van der Waals surface area contributed by atoms with Gasteiger partial charge in [-0.15, -0.1) is 12.4 Å². The Bertz CT molecular complexity index is 271. The Kier molecular flexibility index (Phi) is 6.16. The van der Waals surface area contributed by atoms with E-state index in [1.165, 1.54) is 6.92 Å². The lowest BCUT2D eigenvalue weighted by Gasteiger charge is -2.06. The van der Waals surface area contributed by atoms with Gasteiger partial charge in [-0.05, 0) is 18.6 Å². The lowest BCUT2D eigenvalue weighted by atomic mass is 10.3. The van der Waals surface area contributed by atoms with E-state index in [0.29, 0.717) is 12.4 Å².